The van der Waals surface area contributed by atoms with Gasteiger partial charge in [0.15, 0.2) is 27.8 Å². The third kappa shape index (κ3) is 8.01. The van der Waals surface area contributed by atoms with E-state index >= 15 is 0 Å². The van der Waals surface area contributed by atoms with E-state index in [1.54, 1.807) is 26.4 Å². The number of aromatic hydroxyl groups is 1. The number of anilines is 1. The Morgan fingerprint density at radius 2 is 2.00 bits per heavy atom. The molecule has 3 N–H and O–H groups in total. The van der Waals surface area contributed by atoms with Crippen LogP contribution in [0.25, 0.3) is 0 Å². The number of aromatic nitrogens is 1. The van der Waals surface area contributed by atoms with E-state index in [2.05, 4.69) is 27.9 Å². The number of aldehydes is 1. The summed E-state index contributed by atoms with van der Waals surface area (Å²) in [5, 5.41) is 15.7. The van der Waals surface area contributed by atoms with E-state index in [-0.39, 0.29) is 33.7 Å². The van der Waals surface area contributed by atoms with Crippen molar-refractivity contribution in [1.82, 2.24) is 14.0 Å². The number of terminal acetylenes is 1. The number of carbonyl (C=O) groups excluding carboxylic acids is 2. The first-order valence-corrected chi connectivity index (χ1v) is 11.0. The molecule has 0 bridgehead atoms. The molecule has 2 aromatic rings. The van der Waals surface area contributed by atoms with Crippen molar-refractivity contribution in [1.29, 1.82) is 0 Å². The fourth-order valence-electron chi connectivity index (χ4n) is 2.05. The maximum atomic E-state index is 12.1. The number of furan rings is 1. The largest absolute Gasteiger partial charge is 0.503 e. The van der Waals surface area contributed by atoms with Crippen molar-refractivity contribution in [2.75, 3.05) is 19.4 Å². The summed E-state index contributed by atoms with van der Waals surface area (Å²) in [5.74, 6) is -0.235. The van der Waals surface area contributed by atoms with Gasteiger partial charge in [-0.15, -0.1) is 12.8 Å². The summed E-state index contributed by atoms with van der Waals surface area (Å²) in [6.07, 6.45) is 10.1. The summed E-state index contributed by atoms with van der Waals surface area (Å²) in [6.45, 7) is 7.33. The fourth-order valence-corrected chi connectivity index (χ4v) is 3.95. The smallest absolute Gasteiger partial charge is 0.189 e. The van der Waals surface area contributed by atoms with E-state index in [4.69, 9.17) is 4.42 Å². The van der Waals surface area contributed by atoms with Crippen LogP contribution in [-0.2, 0) is 27.1 Å². The molecule has 0 radical (unpaired) electrons. The summed E-state index contributed by atoms with van der Waals surface area (Å²) in [7, 11) is 1.59. The van der Waals surface area contributed by atoms with Crippen LogP contribution in [0, 0.1) is 19.8 Å². The minimum absolute atomic E-state index is 0.0146. The summed E-state index contributed by atoms with van der Waals surface area (Å²) < 4.78 is 22.9. The van der Waals surface area contributed by atoms with Crippen molar-refractivity contribution < 1.29 is 23.3 Å². The van der Waals surface area contributed by atoms with E-state index < -0.39 is 16.8 Å². The fraction of sp³-hybridized carbons (Fsp3) is 0.350. The van der Waals surface area contributed by atoms with E-state index in [1.807, 2.05) is 20.8 Å². The van der Waals surface area contributed by atoms with Gasteiger partial charge in [0.05, 0.1) is 12.8 Å². The lowest BCUT2D eigenvalue weighted by Gasteiger charge is -2.12. The van der Waals surface area contributed by atoms with Gasteiger partial charge < -0.3 is 20.2 Å². The minimum Gasteiger partial charge on any atom is -0.503 e. The molecule has 31 heavy (non-hydrogen) atoms. The van der Waals surface area contributed by atoms with Gasteiger partial charge in [0, 0.05) is 6.92 Å². The molecule has 1 atom stereocenters. The molecule has 0 saturated heterocycles. The van der Waals surface area contributed by atoms with Gasteiger partial charge in [-0.25, -0.2) is 8.51 Å². The maximum Gasteiger partial charge on any atom is 0.189 e. The first-order chi connectivity index (χ1) is 14.7. The molecule has 1 unspecified atom stereocenters. The second-order valence-electron chi connectivity index (χ2n) is 5.76. The van der Waals surface area contributed by atoms with E-state index in [0.29, 0.717) is 12.0 Å². The number of rotatable bonds is 9. The lowest BCUT2D eigenvalue weighted by atomic mass is 10.2. The van der Waals surface area contributed by atoms with Crippen LogP contribution in [0.5, 0.6) is 5.75 Å². The van der Waals surface area contributed by atoms with Crippen LogP contribution in [0.3, 0.4) is 0 Å². The van der Waals surface area contributed by atoms with Crippen molar-refractivity contribution in [3.63, 3.8) is 0 Å². The van der Waals surface area contributed by atoms with Gasteiger partial charge in [0.1, 0.15) is 28.1 Å². The van der Waals surface area contributed by atoms with Crippen molar-refractivity contribution in [3.05, 3.63) is 35.0 Å². The standard InChI is InChI=1S/C16H20N4O5S2.C2H6.C2H2/c1-9-5-11(25-8-9)6-17-12(7-21)13(10(2)22)18-15-14(23)16(26-19-15)27(24)20(3)4;2*1-2/h5,7-8,17,23H,6H2,1-4H3,(H,18,19);1-2H3;1-2H/b13-12-;;. The molecule has 0 aromatic carbocycles. The normalized spacial score (nSPS) is 11.8. The molecule has 0 spiro atoms. The zero-order valence-corrected chi connectivity index (χ0v) is 20.0. The Balaban J connectivity index is 0.00000212. The predicted molar refractivity (Wildman–Crippen MR) is 123 cm³/mol. The molecular weight excluding hydrogens is 440 g/mol. The van der Waals surface area contributed by atoms with Crippen molar-refractivity contribution >= 4 is 40.4 Å². The predicted octanol–water partition coefficient (Wildman–Crippen LogP) is 2.81. The Bertz CT molecular complexity index is 945. The second kappa shape index (κ2) is 14.1. The number of nitrogens with one attached hydrogen (secondary N) is 2. The molecule has 0 saturated carbocycles. The summed E-state index contributed by atoms with van der Waals surface area (Å²) in [4.78, 5) is 23.5. The van der Waals surface area contributed by atoms with Crippen LogP contribution < -0.4 is 10.6 Å². The molecule has 0 fully saturated rings. The third-order valence-corrected chi connectivity index (χ3v) is 5.81. The summed E-state index contributed by atoms with van der Waals surface area (Å²) in [5.41, 5.74) is 0.845. The highest BCUT2D eigenvalue weighted by molar-refractivity contribution is 7.85. The van der Waals surface area contributed by atoms with Crippen LogP contribution in [0.1, 0.15) is 32.1 Å². The average molecular weight is 469 g/mol. The van der Waals surface area contributed by atoms with Crippen LogP contribution in [0.2, 0.25) is 0 Å². The number of carbonyl (C=O) groups is 2. The first kappa shape index (κ1) is 28.1. The van der Waals surface area contributed by atoms with E-state index in [9.17, 15) is 18.9 Å². The van der Waals surface area contributed by atoms with Crippen LogP contribution in [-0.4, -0.2) is 44.2 Å². The number of hydrogen-bond donors (Lipinski definition) is 3. The van der Waals surface area contributed by atoms with Gasteiger partial charge in [-0.3, -0.25) is 9.59 Å². The zero-order chi connectivity index (χ0) is 24.1. The lowest BCUT2D eigenvalue weighted by Crippen LogP contribution is -2.22. The Kier molecular flexibility index (Phi) is 12.8. The summed E-state index contributed by atoms with van der Waals surface area (Å²) >= 11 is 0.837. The number of allylic oxidation sites excluding steroid dienone is 2. The van der Waals surface area contributed by atoms with Gasteiger partial charge >= 0.3 is 0 Å². The molecule has 0 amide bonds. The first-order valence-electron chi connectivity index (χ1n) is 9.11. The molecule has 2 aromatic heterocycles. The van der Waals surface area contributed by atoms with Gasteiger partial charge in [-0.05, 0) is 44.2 Å². The Labute approximate surface area is 189 Å². The van der Waals surface area contributed by atoms with Crippen molar-refractivity contribution in [3.8, 4) is 18.6 Å². The molecule has 9 nitrogen and oxygen atoms in total. The van der Waals surface area contributed by atoms with Crippen molar-refractivity contribution in [2.45, 2.75) is 38.4 Å². The van der Waals surface area contributed by atoms with E-state index in [1.165, 1.54) is 11.2 Å². The zero-order valence-electron chi connectivity index (χ0n) is 18.4. The quantitative estimate of drug-likeness (QED) is 0.291. The molecule has 0 aliphatic heterocycles. The molecule has 0 aliphatic rings. The van der Waals surface area contributed by atoms with Gasteiger partial charge in [0.2, 0.25) is 0 Å². The van der Waals surface area contributed by atoms with Crippen molar-refractivity contribution in [2.24, 2.45) is 0 Å². The number of aryl methyl sites for hydroxylation is 1. The monoisotopic (exact) mass is 468 g/mol. The maximum absolute atomic E-state index is 12.1. The Hall–Kier alpha value is -2.94. The lowest BCUT2D eigenvalue weighted by molar-refractivity contribution is -0.114. The molecule has 2 rings (SSSR count). The molecule has 0 aliphatic carbocycles. The third-order valence-electron chi connectivity index (χ3n) is 3.35. The summed E-state index contributed by atoms with van der Waals surface area (Å²) in [6, 6.07) is 1.80. The highest BCUT2D eigenvalue weighted by atomic mass is 32.2. The van der Waals surface area contributed by atoms with Crippen LogP contribution in [0.4, 0.5) is 5.82 Å². The van der Waals surface area contributed by atoms with Gasteiger partial charge in [-0.1, -0.05) is 13.8 Å². The van der Waals surface area contributed by atoms with Crippen LogP contribution in [0.15, 0.2) is 32.3 Å². The minimum atomic E-state index is -1.59. The number of hydrogen-bond acceptors (Lipinski definition) is 9. The topological polar surface area (TPSA) is 125 Å². The Morgan fingerprint density at radius 3 is 2.45 bits per heavy atom. The number of nitrogens with zero attached hydrogens (tertiary/aromatic N) is 2. The van der Waals surface area contributed by atoms with Gasteiger partial charge in [0.25, 0.3) is 0 Å². The van der Waals surface area contributed by atoms with Gasteiger partial charge in [-0.2, -0.15) is 4.37 Å². The molecular formula is C20H28N4O5S2. The molecule has 170 valence electrons. The number of Topliss-reactive ketones (excluding diaryl/α,β-unsaturated/α-hetero) is 1. The average Bonchev–Trinajstić information content (AvgIpc) is 3.34. The SMILES string of the molecule is C#C.CC.CC(=O)/C(Nc1nsc(S(=O)N(C)C)c1O)=C(\C=O)NCc1cc(C)co1. The highest BCUT2D eigenvalue weighted by Gasteiger charge is 2.22. The second-order valence-corrected chi connectivity index (χ2v) is 8.43. The number of ketones is 1. The highest BCUT2D eigenvalue weighted by Crippen LogP contribution is 2.34. The molecule has 11 heteroatoms. The van der Waals surface area contributed by atoms with Crippen LogP contribution >= 0.6 is 11.5 Å². The Morgan fingerprint density at radius 1 is 1.39 bits per heavy atom. The molecule has 2 heterocycles. The van der Waals surface area contributed by atoms with E-state index in [0.717, 1.165) is 17.1 Å².